The summed E-state index contributed by atoms with van der Waals surface area (Å²) < 4.78 is 5.23. The molecule has 2 rings (SSSR count). The molecule has 6 heteroatoms. The minimum absolute atomic E-state index is 0.339. The van der Waals surface area contributed by atoms with Crippen LogP contribution in [0.2, 0.25) is 0 Å². The average Bonchev–Trinajstić information content (AvgIpc) is 2.42. The molecule has 0 aliphatic carbocycles. The van der Waals surface area contributed by atoms with E-state index >= 15 is 0 Å². The maximum absolute atomic E-state index is 11.4. The standard InChI is InChI=1S/C16H21N3O2S/c1-11-9-15(20)21-14-10-12(5-6-13(11)14)18-16(22)17-7-4-8-19(2)3/h5-6,9-10H,4,7-8H2,1-3H3,(H2,17,18,22)/p+1. The number of quaternary nitrogens is 1. The van der Waals surface area contributed by atoms with Crippen LogP contribution in [0, 0.1) is 6.92 Å². The average molecular weight is 320 g/mol. The molecule has 22 heavy (non-hydrogen) atoms. The largest absolute Gasteiger partial charge is 0.423 e. The third-order valence-electron chi connectivity index (χ3n) is 3.35. The number of aryl methyl sites for hydroxylation is 1. The van der Waals surface area contributed by atoms with E-state index in [9.17, 15) is 4.79 Å². The van der Waals surface area contributed by atoms with Crippen LogP contribution in [0.5, 0.6) is 0 Å². The molecule has 0 saturated carbocycles. The lowest BCUT2D eigenvalue weighted by molar-refractivity contribution is -0.858. The Hall–Kier alpha value is -1.92. The van der Waals surface area contributed by atoms with Gasteiger partial charge in [-0.1, -0.05) is 0 Å². The first-order valence-corrected chi connectivity index (χ1v) is 7.75. The molecule has 0 unspecified atom stereocenters. The van der Waals surface area contributed by atoms with Gasteiger partial charge in [0.05, 0.1) is 20.6 Å². The van der Waals surface area contributed by atoms with E-state index < -0.39 is 0 Å². The Morgan fingerprint density at radius 1 is 1.32 bits per heavy atom. The van der Waals surface area contributed by atoms with Gasteiger partial charge in [0.1, 0.15) is 5.58 Å². The van der Waals surface area contributed by atoms with Crippen molar-refractivity contribution in [3.63, 3.8) is 0 Å². The molecule has 0 atom stereocenters. The Balaban J connectivity index is 1.99. The van der Waals surface area contributed by atoms with Crippen molar-refractivity contribution in [1.29, 1.82) is 0 Å². The van der Waals surface area contributed by atoms with E-state index in [1.165, 1.54) is 11.0 Å². The molecule has 0 amide bonds. The molecule has 1 heterocycles. The van der Waals surface area contributed by atoms with Crippen molar-refractivity contribution in [2.45, 2.75) is 13.3 Å². The van der Waals surface area contributed by atoms with Crippen molar-refractivity contribution >= 4 is 34.0 Å². The molecule has 0 fully saturated rings. The highest BCUT2D eigenvalue weighted by molar-refractivity contribution is 7.80. The second-order valence-electron chi connectivity index (χ2n) is 5.65. The molecular formula is C16H22N3O2S+. The van der Waals surface area contributed by atoms with Crippen molar-refractivity contribution in [3.05, 3.63) is 40.2 Å². The molecule has 2 aromatic rings. The van der Waals surface area contributed by atoms with Gasteiger partial charge in [0.2, 0.25) is 0 Å². The van der Waals surface area contributed by atoms with Crippen LogP contribution >= 0.6 is 12.2 Å². The molecule has 0 aliphatic rings. The molecule has 0 aliphatic heterocycles. The Bertz CT molecular complexity index is 725. The monoisotopic (exact) mass is 320 g/mol. The van der Waals surface area contributed by atoms with E-state index in [4.69, 9.17) is 16.6 Å². The van der Waals surface area contributed by atoms with Crippen molar-refractivity contribution in [1.82, 2.24) is 5.32 Å². The molecule has 1 aromatic heterocycles. The summed E-state index contributed by atoms with van der Waals surface area (Å²) in [4.78, 5) is 12.9. The molecule has 0 radical (unpaired) electrons. The quantitative estimate of drug-likeness (QED) is 0.435. The number of hydrogen-bond acceptors (Lipinski definition) is 3. The highest BCUT2D eigenvalue weighted by Gasteiger charge is 2.04. The van der Waals surface area contributed by atoms with Gasteiger partial charge in [-0.3, -0.25) is 0 Å². The topological polar surface area (TPSA) is 58.7 Å². The zero-order valence-electron chi connectivity index (χ0n) is 13.2. The second kappa shape index (κ2) is 7.38. The van der Waals surface area contributed by atoms with Crippen LogP contribution < -0.4 is 21.2 Å². The van der Waals surface area contributed by atoms with Crippen molar-refractivity contribution in [2.24, 2.45) is 0 Å². The van der Waals surface area contributed by atoms with Crippen LogP contribution in [0.3, 0.4) is 0 Å². The van der Waals surface area contributed by atoms with Crippen LogP contribution in [0.1, 0.15) is 12.0 Å². The predicted molar refractivity (Wildman–Crippen MR) is 93.7 cm³/mol. The second-order valence-corrected chi connectivity index (χ2v) is 6.06. The number of fused-ring (bicyclic) bond motifs is 1. The predicted octanol–water partition coefficient (Wildman–Crippen LogP) is 0.922. The van der Waals surface area contributed by atoms with Gasteiger partial charge in [-0.15, -0.1) is 0 Å². The minimum Gasteiger partial charge on any atom is -0.423 e. The van der Waals surface area contributed by atoms with Gasteiger partial charge < -0.3 is 20.0 Å². The molecule has 118 valence electrons. The summed E-state index contributed by atoms with van der Waals surface area (Å²) in [7, 11) is 4.25. The van der Waals surface area contributed by atoms with Gasteiger partial charge in [0, 0.05) is 36.2 Å². The number of hydrogen-bond donors (Lipinski definition) is 3. The van der Waals surface area contributed by atoms with Crippen molar-refractivity contribution in [3.8, 4) is 0 Å². The van der Waals surface area contributed by atoms with E-state index in [1.807, 2.05) is 19.1 Å². The number of anilines is 1. The van der Waals surface area contributed by atoms with E-state index in [-0.39, 0.29) is 5.63 Å². The van der Waals surface area contributed by atoms with Crippen molar-refractivity contribution < 1.29 is 9.32 Å². The summed E-state index contributed by atoms with van der Waals surface area (Å²) in [6, 6.07) is 7.14. The lowest BCUT2D eigenvalue weighted by Gasteiger charge is -2.12. The minimum atomic E-state index is -0.339. The molecule has 0 spiro atoms. The molecule has 3 N–H and O–H groups in total. The lowest BCUT2D eigenvalue weighted by Crippen LogP contribution is -3.05. The van der Waals surface area contributed by atoms with E-state index in [0.717, 1.165) is 36.1 Å². The Kier molecular flexibility index (Phi) is 5.51. The van der Waals surface area contributed by atoms with Crippen LogP contribution in [0.15, 0.2) is 33.5 Å². The fourth-order valence-electron chi connectivity index (χ4n) is 2.22. The Labute approximate surface area is 135 Å². The van der Waals surface area contributed by atoms with E-state index in [2.05, 4.69) is 24.7 Å². The summed E-state index contributed by atoms with van der Waals surface area (Å²) >= 11 is 5.27. The summed E-state index contributed by atoms with van der Waals surface area (Å²) in [6.07, 6.45) is 1.05. The molecule has 0 bridgehead atoms. The summed E-state index contributed by atoms with van der Waals surface area (Å²) in [6.45, 7) is 3.82. The Morgan fingerprint density at radius 3 is 2.82 bits per heavy atom. The van der Waals surface area contributed by atoms with E-state index in [0.29, 0.717) is 10.7 Å². The van der Waals surface area contributed by atoms with Crippen LogP contribution in [-0.2, 0) is 0 Å². The van der Waals surface area contributed by atoms with Gasteiger partial charge in [0.25, 0.3) is 0 Å². The lowest BCUT2D eigenvalue weighted by atomic mass is 10.1. The third kappa shape index (κ3) is 4.54. The normalized spacial score (nSPS) is 10.9. The first kappa shape index (κ1) is 16.5. The zero-order valence-corrected chi connectivity index (χ0v) is 14.0. The van der Waals surface area contributed by atoms with E-state index in [1.54, 1.807) is 6.07 Å². The SMILES string of the molecule is Cc1cc(=O)oc2cc(NC(=S)NCCC[NH+](C)C)ccc12. The number of nitrogens with one attached hydrogen (secondary N) is 3. The van der Waals surface area contributed by atoms with Crippen LogP contribution in [0.4, 0.5) is 5.69 Å². The van der Waals surface area contributed by atoms with Gasteiger partial charge >= 0.3 is 5.63 Å². The summed E-state index contributed by atoms with van der Waals surface area (Å²) in [5.41, 5.74) is 1.93. The fourth-order valence-corrected chi connectivity index (χ4v) is 2.44. The number of rotatable bonds is 5. The third-order valence-corrected chi connectivity index (χ3v) is 3.59. The maximum Gasteiger partial charge on any atom is 0.336 e. The molecule has 5 nitrogen and oxygen atoms in total. The van der Waals surface area contributed by atoms with Gasteiger partial charge in [-0.2, -0.15) is 0 Å². The molecule has 0 saturated heterocycles. The summed E-state index contributed by atoms with van der Waals surface area (Å²) in [5, 5.41) is 7.79. The number of thiocarbonyl (C=S) groups is 1. The molecular weight excluding hydrogens is 298 g/mol. The van der Waals surface area contributed by atoms with Gasteiger partial charge in [-0.25, -0.2) is 4.79 Å². The first-order chi connectivity index (χ1) is 10.5. The smallest absolute Gasteiger partial charge is 0.336 e. The van der Waals surface area contributed by atoms with Crippen LogP contribution in [-0.4, -0.2) is 32.3 Å². The highest BCUT2D eigenvalue weighted by atomic mass is 32.1. The highest BCUT2D eigenvalue weighted by Crippen LogP contribution is 2.20. The maximum atomic E-state index is 11.4. The first-order valence-electron chi connectivity index (χ1n) is 7.34. The van der Waals surface area contributed by atoms with Crippen molar-refractivity contribution in [2.75, 3.05) is 32.5 Å². The molecule has 1 aromatic carbocycles. The van der Waals surface area contributed by atoms with Crippen LogP contribution in [0.25, 0.3) is 11.0 Å². The zero-order chi connectivity index (χ0) is 16.1. The van der Waals surface area contributed by atoms with Gasteiger partial charge in [-0.05, 0) is 36.8 Å². The Morgan fingerprint density at radius 2 is 2.09 bits per heavy atom. The number of benzene rings is 1. The van der Waals surface area contributed by atoms with Gasteiger partial charge in [0.15, 0.2) is 5.11 Å². The fraction of sp³-hybridized carbons (Fsp3) is 0.375. The summed E-state index contributed by atoms with van der Waals surface area (Å²) in [5.74, 6) is 0.